The highest BCUT2D eigenvalue weighted by molar-refractivity contribution is 7.92. The monoisotopic (exact) mass is 554 g/mol. The topological polar surface area (TPSA) is 101 Å². The fourth-order valence-corrected chi connectivity index (χ4v) is 6.44. The summed E-state index contributed by atoms with van der Waals surface area (Å²) in [5, 5.41) is 6.86. The normalized spacial score (nSPS) is 17.6. The van der Waals surface area contributed by atoms with Gasteiger partial charge in [-0.15, -0.1) is 11.3 Å². The van der Waals surface area contributed by atoms with Crippen molar-refractivity contribution in [2.45, 2.75) is 25.9 Å². The summed E-state index contributed by atoms with van der Waals surface area (Å²) < 4.78 is 33.9. The summed E-state index contributed by atoms with van der Waals surface area (Å²) in [5.74, 6) is 0.388. The minimum Gasteiger partial charge on any atom is -0.494 e. The van der Waals surface area contributed by atoms with Crippen LogP contribution in [0.5, 0.6) is 5.75 Å². The predicted molar refractivity (Wildman–Crippen MR) is 150 cm³/mol. The first-order valence-corrected chi connectivity index (χ1v) is 14.6. The van der Waals surface area contributed by atoms with Crippen LogP contribution in [0.15, 0.2) is 60.2 Å². The van der Waals surface area contributed by atoms with Crippen LogP contribution in [0.4, 0.5) is 11.4 Å². The molecule has 3 aromatic heterocycles. The summed E-state index contributed by atoms with van der Waals surface area (Å²) in [6.45, 7) is 4.14. The fourth-order valence-electron chi connectivity index (χ4n) is 4.77. The number of rotatable bonds is 7. The van der Waals surface area contributed by atoms with Gasteiger partial charge in [-0.2, -0.15) is 0 Å². The van der Waals surface area contributed by atoms with Gasteiger partial charge in [0.15, 0.2) is 10.2 Å². The number of hydrogen-bond acceptors (Lipinski definition) is 7. The van der Waals surface area contributed by atoms with Gasteiger partial charge in [-0.3, -0.25) is 14.3 Å². The van der Waals surface area contributed by atoms with Crippen LogP contribution in [0.2, 0.25) is 0 Å². The van der Waals surface area contributed by atoms with E-state index in [0.717, 1.165) is 39.7 Å². The molecule has 192 valence electrons. The Labute approximate surface area is 225 Å². The van der Waals surface area contributed by atoms with Gasteiger partial charge in [0.1, 0.15) is 5.75 Å². The highest BCUT2D eigenvalue weighted by Gasteiger charge is 2.42. The lowest BCUT2D eigenvalue weighted by molar-refractivity contribution is 0.417. The van der Waals surface area contributed by atoms with Crippen molar-refractivity contribution < 1.29 is 13.2 Å². The van der Waals surface area contributed by atoms with Gasteiger partial charge in [-0.25, -0.2) is 13.4 Å². The van der Waals surface area contributed by atoms with Crippen molar-refractivity contribution in [3.05, 3.63) is 82.9 Å². The molecule has 0 aliphatic carbocycles. The van der Waals surface area contributed by atoms with Gasteiger partial charge in [0.25, 0.3) is 0 Å². The van der Waals surface area contributed by atoms with E-state index in [0.29, 0.717) is 16.5 Å². The SMILES string of the molecule is COc1cc(N2C(=S)N[C@H](c3ccccn3)[C@@H]2c2cc(C)n(-c3nccs3)c2C)ccc1NS(C)(=O)=O. The Morgan fingerprint density at radius 1 is 1.14 bits per heavy atom. The van der Waals surface area contributed by atoms with Crippen molar-refractivity contribution in [2.24, 2.45) is 0 Å². The number of ether oxygens (including phenoxy) is 1. The third-order valence-electron chi connectivity index (χ3n) is 6.26. The van der Waals surface area contributed by atoms with Crippen LogP contribution in [0, 0.1) is 13.8 Å². The van der Waals surface area contributed by atoms with Gasteiger partial charge < -0.3 is 15.0 Å². The van der Waals surface area contributed by atoms with Crippen molar-refractivity contribution in [3.63, 3.8) is 0 Å². The number of methoxy groups -OCH3 is 1. The van der Waals surface area contributed by atoms with Gasteiger partial charge in [-0.05, 0) is 62.0 Å². The lowest BCUT2D eigenvalue weighted by atomic mass is 9.96. The number of aryl methyl sites for hydroxylation is 1. The Kier molecular flexibility index (Phi) is 6.65. The van der Waals surface area contributed by atoms with E-state index in [-0.39, 0.29) is 12.1 Å². The van der Waals surface area contributed by atoms with E-state index < -0.39 is 10.0 Å². The number of thiocarbonyl (C=S) groups is 1. The summed E-state index contributed by atoms with van der Waals surface area (Å²) in [6, 6.07) is 12.8. The number of aromatic nitrogens is 3. The Balaban J connectivity index is 1.66. The van der Waals surface area contributed by atoms with Crippen molar-refractivity contribution in [2.75, 3.05) is 23.0 Å². The average Bonchev–Trinajstić information content (AvgIpc) is 3.57. The molecule has 0 saturated carbocycles. The predicted octanol–water partition coefficient (Wildman–Crippen LogP) is 4.50. The lowest BCUT2D eigenvalue weighted by Gasteiger charge is -2.28. The second-order valence-electron chi connectivity index (χ2n) is 8.73. The van der Waals surface area contributed by atoms with Crippen LogP contribution in [0.25, 0.3) is 5.13 Å². The Morgan fingerprint density at radius 3 is 2.59 bits per heavy atom. The molecule has 1 saturated heterocycles. The maximum atomic E-state index is 11.8. The summed E-state index contributed by atoms with van der Waals surface area (Å²) in [6.07, 6.45) is 4.67. The third-order valence-corrected chi connectivity index (χ3v) is 7.92. The van der Waals surface area contributed by atoms with Crippen LogP contribution in [0.3, 0.4) is 0 Å². The third kappa shape index (κ3) is 4.79. The molecule has 0 radical (unpaired) electrons. The van der Waals surface area contributed by atoms with Crippen LogP contribution in [-0.2, 0) is 10.0 Å². The first-order chi connectivity index (χ1) is 17.7. The van der Waals surface area contributed by atoms with E-state index in [1.807, 2.05) is 34.5 Å². The number of nitrogens with zero attached hydrogens (tertiary/aromatic N) is 4. The van der Waals surface area contributed by atoms with E-state index >= 15 is 0 Å². The number of pyridine rings is 1. The number of sulfonamides is 1. The van der Waals surface area contributed by atoms with Gasteiger partial charge in [0.05, 0.1) is 36.8 Å². The molecule has 0 spiro atoms. The van der Waals surface area contributed by atoms with E-state index in [4.69, 9.17) is 17.0 Å². The van der Waals surface area contributed by atoms with Crippen molar-refractivity contribution in [1.82, 2.24) is 19.9 Å². The number of anilines is 2. The van der Waals surface area contributed by atoms with Gasteiger partial charge in [0, 0.05) is 40.9 Å². The number of thiazole rings is 1. The molecule has 1 aromatic carbocycles. The van der Waals surface area contributed by atoms with E-state index in [1.165, 1.54) is 7.11 Å². The van der Waals surface area contributed by atoms with E-state index in [9.17, 15) is 8.42 Å². The molecule has 2 atom stereocenters. The minimum absolute atomic E-state index is 0.223. The number of hydrogen-bond donors (Lipinski definition) is 2. The van der Waals surface area contributed by atoms with Crippen molar-refractivity contribution in [1.29, 1.82) is 0 Å². The molecule has 12 heteroatoms. The van der Waals surface area contributed by atoms with Crippen molar-refractivity contribution >= 4 is 50.1 Å². The van der Waals surface area contributed by atoms with Crippen LogP contribution in [0.1, 0.15) is 34.7 Å². The molecular weight excluding hydrogens is 529 g/mol. The molecule has 1 aliphatic heterocycles. The van der Waals surface area contributed by atoms with Crippen molar-refractivity contribution in [3.8, 4) is 10.9 Å². The molecule has 0 bridgehead atoms. The smallest absolute Gasteiger partial charge is 0.229 e. The summed E-state index contributed by atoms with van der Waals surface area (Å²) in [4.78, 5) is 11.2. The zero-order chi connectivity index (χ0) is 26.3. The highest BCUT2D eigenvalue weighted by atomic mass is 32.2. The minimum atomic E-state index is -3.48. The van der Waals surface area contributed by atoms with Gasteiger partial charge in [-0.1, -0.05) is 6.07 Å². The quantitative estimate of drug-likeness (QED) is 0.322. The molecule has 0 unspecified atom stereocenters. The highest BCUT2D eigenvalue weighted by Crippen LogP contribution is 2.45. The van der Waals surface area contributed by atoms with E-state index in [1.54, 1.807) is 35.9 Å². The zero-order valence-electron chi connectivity index (χ0n) is 20.7. The van der Waals surface area contributed by atoms with Gasteiger partial charge in [0.2, 0.25) is 10.0 Å². The molecule has 5 rings (SSSR count). The summed E-state index contributed by atoms with van der Waals surface area (Å²) in [7, 11) is -1.97. The maximum absolute atomic E-state index is 11.8. The van der Waals surface area contributed by atoms with Crippen LogP contribution >= 0.6 is 23.6 Å². The second kappa shape index (κ2) is 9.77. The molecule has 9 nitrogen and oxygen atoms in total. The number of benzene rings is 1. The fraction of sp³-hybridized carbons (Fsp3) is 0.240. The Hall–Kier alpha value is -3.48. The molecule has 2 N–H and O–H groups in total. The summed E-state index contributed by atoms with van der Waals surface area (Å²) >= 11 is 7.43. The molecule has 0 amide bonds. The standard InChI is InChI=1S/C25H26N6O3S3/c1-15-13-18(16(2)30(15)25-27-11-12-36-25)23-22(20-7-5-6-10-26-20)28-24(35)31(23)17-8-9-19(21(14-17)34-3)29-37(4,32)33/h5-14,22-23,29H,1-4H3,(H,28,35)/t22-,23+/m1/s1. The molecule has 1 aliphatic rings. The molecule has 37 heavy (non-hydrogen) atoms. The molecule has 4 aromatic rings. The molecular formula is C25H26N6O3S3. The molecule has 4 heterocycles. The average molecular weight is 555 g/mol. The van der Waals surface area contributed by atoms with Crippen LogP contribution in [-0.4, -0.2) is 41.4 Å². The van der Waals surface area contributed by atoms with Gasteiger partial charge >= 0.3 is 0 Å². The lowest BCUT2D eigenvalue weighted by Crippen LogP contribution is -2.29. The summed E-state index contributed by atoms with van der Waals surface area (Å²) in [5.41, 5.74) is 5.16. The first kappa shape index (κ1) is 25.2. The first-order valence-electron chi connectivity index (χ1n) is 11.4. The Morgan fingerprint density at radius 2 is 1.95 bits per heavy atom. The second-order valence-corrected chi connectivity index (χ2v) is 11.7. The molecule has 1 fully saturated rings. The number of nitrogens with one attached hydrogen (secondary N) is 2. The van der Waals surface area contributed by atoms with Crippen LogP contribution < -0.4 is 19.7 Å². The van der Waals surface area contributed by atoms with E-state index in [2.05, 4.69) is 44.5 Å². The largest absolute Gasteiger partial charge is 0.494 e. The Bertz CT molecular complexity index is 1550. The maximum Gasteiger partial charge on any atom is 0.229 e. The zero-order valence-corrected chi connectivity index (χ0v) is 23.1.